The average Bonchev–Trinajstić information content (AvgIpc) is 2.67. The van der Waals surface area contributed by atoms with Crippen molar-refractivity contribution in [3.8, 4) is 0 Å². The van der Waals surface area contributed by atoms with Gasteiger partial charge in [0.05, 0.1) is 6.04 Å². The van der Waals surface area contributed by atoms with Gasteiger partial charge in [-0.25, -0.2) is 0 Å². The van der Waals surface area contributed by atoms with Gasteiger partial charge >= 0.3 is 0 Å². The summed E-state index contributed by atoms with van der Waals surface area (Å²) in [5, 5.41) is 2.99. The molecule has 138 valence electrons. The summed E-state index contributed by atoms with van der Waals surface area (Å²) in [4.78, 5) is 25.8. The van der Waals surface area contributed by atoms with Crippen molar-refractivity contribution in [2.45, 2.75) is 65.0 Å². The molecule has 0 saturated carbocycles. The van der Waals surface area contributed by atoms with Crippen molar-refractivity contribution in [1.29, 1.82) is 0 Å². The first-order chi connectivity index (χ1) is 12.6. The molecule has 26 heavy (non-hydrogen) atoms. The van der Waals surface area contributed by atoms with Crippen molar-refractivity contribution in [1.82, 2.24) is 9.88 Å². The van der Waals surface area contributed by atoms with Gasteiger partial charge in [-0.05, 0) is 56.2 Å². The third kappa shape index (κ3) is 3.90. The van der Waals surface area contributed by atoms with Gasteiger partial charge in [0.2, 0.25) is 0 Å². The predicted octanol–water partition coefficient (Wildman–Crippen LogP) is 4.02. The molecule has 1 amide bonds. The van der Waals surface area contributed by atoms with Gasteiger partial charge in [-0.3, -0.25) is 9.59 Å². The van der Waals surface area contributed by atoms with E-state index in [0.29, 0.717) is 6.54 Å². The van der Waals surface area contributed by atoms with Crippen molar-refractivity contribution in [3.05, 3.63) is 69.1 Å². The quantitative estimate of drug-likeness (QED) is 0.854. The molecule has 1 N–H and O–H groups in total. The summed E-state index contributed by atoms with van der Waals surface area (Å²) >= 11 is 0. The number of carbonyl (C=O) groups excluding carboxylic acids is 1. The smallest absolute Gasteiger partial charge is 0.263 e. The van der Waals surface area contributed by atoms with Crippen LogP contribution in [0.1, 0.15) is 72.8 Å². The summed E-state index contributed by atoms with van der Waals surface area (Å²) in [6.07, 6.45) is 6.13. The highest BCUT2D eigenvalue weighted by atomic mass is 16.2. The molecule has 0 bridgehead atoms. The van der Waals surface area contributed by atoms with E-state index in [9.17, 15) is 9.59 Å². The van der Waals surface area contributed by atoms with E-state index < -0.39 is 0 Å². The highest BCUT2D eigenvalue weighted by Crippen LogP contribution is 2.21. The lowest BCUT2D eigenvalue weighted by Gasteiger charge is -2.23. The number of nitrogens with zero attached hydrogens (tertiary/aromatic N) is 1. The van der Waals surface area contributed by atoms with Gasteiger partial charge in [0.1, 0.15) is 5.56 Å². The molecule has 0 aliphatic heterocycles. The molecule has 4 heteroatoms. The van der Waals surface area contributed by atoms with Crippen LogP contribution >= 0.6 is 0 Å². The second kappa shape index (κ2) is 8.35. The molecule has 0 spiro atoms. The van der Waals surface area contributed by atoms with Crippen LogP contribution in [0.3, 0.4) is 0 Å². The highest BCUT2D eigenvalue weighted by Gasteiger charge is 2.22. The fourth-order valence-electron chi connectivity index (χ4n) is 3.70. The van der Waals surface area contributed by atoms with E-state index in [2.05, 4.69) is 12.2 Å². The molecule has 1 aromatic carbocycles. The van der Waals surface area contributed by atoms with Gasteiger partial charge in [0.25, 0.3) is 11.5 Å². The minimum atomic E-state index is -0.273. The van der Waals surface area contributed by atoms with Crippen LogP contribution in [0.4, 0.5) is 0 Å². The second-order valence-electron chi connectivity index (χ2n) is 7.15. The summed E-state index contributed by atoms with van der Waals surface area (Å²) in [5.74, 6) is -0.273. The maximum absolute atomic E-state index is 13.0. The maximum Gasteiger partial charge on any atom is 0.263 e. The minimum Gasteiger partial charge on any atom is -0.345 e. The lowest BCUT2D eigenvalue weighted by Crippen LogP contribution is -2.36. The predicted molar refractivity (Wildman–Crippen MR) is 105 cm³/mol. The van der Waals surface area contributed by atoms with Crippen molar-refractivity contribution in [2.24, 2.45) is 0 Å². The lowest BCUT2D eigenvalue weighted by molar-refractivity contribution is 0.0937. The van der Waals surface area contributed by atoms with Crippen molar-refractivity contribution < 1.29 is 4.79 Å². The van der Waals surface area contributed by atoms with E-state index in [1.54, 1.807) is 0 Å². The molecule has 3 rings (SSSR count). The zero-order chi connectivity index (χ0) is 18.5. The first-order valence-corrected chi connectivity index (χ1v) is 9.73. The molecule has 1 heterocycles. The Morgan fingerprint density at radius 2 is 1.92 bits per heavy atom. The van der Waals surface area contributed by atoms with Crippen LogP contribution in [-0.4, -0.2) is 10.5 Å². The van der Waals surface area contributed by atoms with Gasteiger partial charge in [-0.1, -0.05) is 43.7 Å². The number of aryl methyl sites for hydroxylation is 1. The Hall–Kier alpha value is -2.36. The SMILES string of the molecule is CCCCn1c2c(cc(C(=O)N[C@H](C)c3ccccc3)c1=O)CCCC2. The molecule has 0 radical (unpaired) electrons. The number of unbranched alkanes of at least 4 members (excludes halogenated alkanes) is 1. The molecule has 1 aliphatic rings. The molecule has 1 atom stereocenters. The molecular weight excluding hydrogens is 324 g/mol. The van der Waals surface area contributed by atoms with E-state index >= 15 is 0 Å². The number of carbonyl (C=O) groups is 1. The molecular formula is C22H28N2O2. The summed E-state index contributed by atoms with van der Waals surface area (Å²) < 4.78 is 1.86. The fourth-order valence-corrected chi connectivity index (χ4v) is 3.70. The Kier molecular flexibility index (Phi) is 5.92. The second-order valence-corrected chi connectivity index (χ2v) is 7.15. The van der Waals surface area contributed by atoms with E-state index in [1.807, 2.05) is 47.9 Å². The minimum absolute atomic E-state index is 0.136. The topological polar surface area (TPSA) is 51.1 Å². The standard InChI is InChI=1S/C22H28N2O2/c1-3-4-14-24-20-13-9-8-12-18(20)15-19(22(24)26)21(25)23-16(2)17-10-6-5-7-11-17/h5-7,10-11,15-16H,3-4,8-9,12-14H2,1-2H3,(H,23,25)/t16-/m1/s1. The fraction of sp³-hybridized carbons (Fsp3) is 0.455. The number of hydrogen-bond donors (Lipinski definition) is 1. The molecule has 1 aromatic heterocycles. The van der Waals surface area contributed by atoms with Gasteiger partial charge in [-0.15, -0.1) is 0 Å². The van der Waals surface area contributed by atoms with E-state index in [0.717, 1.165) is 49.8 Å². The summed E-state index contributed by atoms with van der Waals surface area (Å²) in [6.45, 7) is 4.77. The number of benzene rings is 1. The van der Waals surface area contributed by atoms with Crippen LogP contribution in [0, 0.1) is 0 Å². The van der Waals surface area contributed by atoms with Gasteiger partial charge < -0.3 is 9.88 Å². The number of fused-ring (bicyclic) bond motifs is 1. The Labute approximate surface area is 155 Å². The van der Waals surface area contributed by atoms with Crippen LogP contribution in [0.25, 0.3) is 0 Å². The number of rotatable bonds is 6. The largest absolute Gasteiger partial charge is 0.345 e. The molecule has 1 aliphatic carbocycles. The molecule has 0 unspecified atom stereocenters. The Morgan fingerprint density at radius 3 is 2.65 bits per heavy atom. The summed E-state index contributed by atoms with van der Waals surface area (Å²) in [5.41, 5.74) is 3.48. The Bertz CT molecular complexity index is 824. The molecule has 2 aromatic rings. The van der Waals surface area contributed by atoms with E-state index in [-0.39, 0.29) is 23.1 Å². The summed E-state index contributed by atoms with van der Waals surface area (Å²) in [6, 6.07) is 11.5. The van der Waals surface area contributed by atoms with Crippen molar-refractivity contribution in [2.75, 3.05) is 0 Å². The lowest BCUT2D eigenvalue weighted by atomic mass is 9.94. The zero-order valence-corrected chi connectivity index (χ0v) is 15.8. The number of pyridine rings is 1. The molecule has 0 saturated heterocycles. The first-order valence-electron chi connectivity index (χ1n) is 9.73. The number of amides is 1. The molecule has 4 nitrogen and oxygen atoms in total. The molecule has 0 fully saturated rings. The van der Waals surface area contributed by atoms with Crippen LogP contribution in [0.2, 0.25) is 0 Å². The van der Waals surface area contributed by atoms with Crippen LogP contribution < -0.4 is 10.9 Å². The van der Waals surface area contributed by atoms with E-state index in [1.165, 1.54) is 5.56 Å². The zero-order valence-electron chi connectivity index (χ0n) is 15.8. The van der Waals surface area contributed by atoms with Crippen LogP contribution in [0.15, 0.2) is 41.2 Å². The van der Waals surface area contributed by atoms with Crippen molar-refractivity contribution >= 4 is 5.91 Å². The average molecular weight is 352 g/mol. The highest BCUT2D eigenvalue weighted by molar-refractivity contribution is 5.94. The summed E-state index contributed by atoms with van der Waals surface area (Å²) in [7, 11) is 0. The van der Waals surface area contributed by atoms with E-state index in [4.69, 9.17) is 0 Å². The number of hydrogen-bond acceptors (Lipinski definition) is 2. The normalized spacial score (nSPS) is 14.5. The van der Waals surface area contributed by atoms with Crippen LogP contribution in [-0.2, 0) is 19.4 Å². The number of aromatic nitrogens is 1. The van der Waals surface area contributed by atoms with Gasteiger partial charge in [-0.2, -0.15) is 0 Å². The third-order valence-electron chi connectivity index (χ3n) is 5.23. The number of nitrogens with one attached hydrogen (secondary N) is 1. The Morgan fingerprint density at radius 1 is 1.19 bits per heavy atom. The van der Waals surface area contributed by atoms with Crippen molar-refractivity contribution in [3.63, 3.8) is 0 Å². The van der Waals surface area contributed by atoms with Gasteiger partial charge in [0.15, 0.2) is 0 Å². The van der Waals surface area contributed by atoms with Gasteiger partial charge in [0, 0.05) is 12.2 Å². The van der Waals surface area contributed by atoms with Crippen LogP contribution in [0.5, 0.6) is 0 Å². The Balaban J connectivity index is 1.91. The third-order valence-corrected chi connectivity index (χ3v) is 5.23. The maximum atomic E-state index is 13.0. The first kappa shape index (κ1) is 18.4. The monoisotopic (exact) mass is 352 g/mol.